The van der Waals surface area contributed by atoms with Crippen LogP contribution in [0, 0.1) is 11.2 Å². The number of nitrogens with zero attached hydrogens (tertiary/aromatic N) is 6. The number of ether oxygens (including phenoxy) is 2. The zero-order valence-electron chi connectivity index (χ0n) is 23.9. The van der Waals surface area contributed by atoms with Gasteiger partial charge in [0.15, 0.2) is 17.4 Å². The summed E-state index contributed by atoms with van der Waals surface area (Å²) in [5.74, 6) is 0.359. The second-order valence-electron chi connectivity index (χ2n) is 11.9. The Balaban J connectivity index is 1.14. The summed E-state index contributed by atoms with van der Waals surface area (Å²) >= 11 is 0. The Bertz CT molecular complexity index is 1430. The molecule has 4 heterocycles. The van der Waals surface area contributed by atoms with Gasteiger partial charge in [-0.3, -0.25) is 9.78 Å². The Morgan fingerprint density at radius 2 is 1.93 bits per heavy atom. The van der Waals surface area contributed by atoms with Crippen LogP contribution in [0.2, 0.25) is 0 Å². The van der Waals surface area contributed by atoms with Crippen molar-refractivity contribution in [2.45, 2.75) is 71.7 Å². The number of para-hydroxylation sites is 1. The van der Waals surface area contributed by atoms with Crippen LogP contribution >= 0.6 is 0 Å². The molecule has 0 atom stereocenters. The van der Waals surface area contributed by atoms with E-state index in [0.717, 1.165) is 56.9 Å². The molecule has 1 saturated carbocycles. The van der Waals surface area contributed by atoms with Crippen molar-refractivity contribution in [3.8, 4) is 17.4 Å². The molecule has 2 aliphatic heterocycles. The SMILES string of the molecule is CC(C)N(C(=O)c1cccc(F)c1Oc1nncnc1N1CC2(CC(Oc3ccnc4c3CNCC4)C2)C1)C(C)C. The van der Waals surface area contributed by atoms with Crippen molar-refractivity contribution in [1.82, 2.24) is 30.4 Å². The predicted molar refractivity (Wildman–Crippen MR) is 151 cm³/mol. The van der Waals surface area contributed by atoms with Gasteiger partial charge in [-0.25, -0.2) is 9.37 Å². The molecule has 1 saturated heterocycles. The quantitative estimate of drug-likeness (QED) is 0.434. The summed E-state index contributed by atoms with van der Waals surface area (Å²) < 4.78 is 27.5. The first kappa shape index (κ1) is 27.3. The molecule has 2 fully saturated rings. The molecule has 41 heavy (non-hydrogen) atoms. The molecule has 3 aromatic rings. The number of hydrogen-bond acceptors (Lipinski definition) is 9. The third-order valence-corrected chi connectivity index (χ3v) is 8.22. The van der Waals surface area contributed by atoms with E-state index in [4.69, 9.17) is 9.47 Å². The van der Waals surface area contributed by atoms with E-state index >= 15 is 4.39 Å². The number of carbonyl (C=O) groups excluding carboxylic acids is 1. The average Bonchev–Trinajstić information content (AvgIpc) is 2.90. The van der Waals surface area contributed by atoms with Gasteiger partial charge in [-0.1, -0.05) is 6.07 Å². The van der Waals surface area contributed by atoms with Crippen LogP contribution in [-0.4, -0.2) is 68.8 Å². The Morgan fingerprint density at radius 1 is 1.15 bits per heavy atom. The highest BCUT2D eigenvalue weighted by Crippen LogP contribution is 2.52. The van der Waals surface area contributed by atoms with Gasteiger partial charge in [-0.15, -0.1) is 10.2 Å². The molecular formula is C30H36FN7O3. The Labute approximate surface area is 239 Å². The van der Waals surface area contributed by atoms with Gasteiger partial charge in [0.1, 0.15) is 18.2 Å². The third kappa shape index (κ3) is 5.18. The minimum Gasteiger partial charge on any atom is -0.490 e. The lowest BCUT2D eigenvalue weighted by Crippen LogP contribution is -2.65. The van der Waals surface area contributed by atoms with E-state index in [-0.39, 0.29) is 46.7 Å². The fourth-order valence-corrected chi connectivity index (χ4v) is 6.41. The topological polar surface area (TPSA) is 106 Å². The molecule has 6 rings (SSSR count). The monoisotopic (exact) mass is 561 g/mol. The normalized spacial score (nSPS) is 17.7. The highest BCUT2D eigenvalue weighted by molar-refractivity contribution is 5.97. The van der Waals surface area contributed by atoms with Crippen LogP contribution in [0.3, 0.4) is 0 Å². The molecule has 1 aliphatic carbocycles. The Hall–Kier alpha value is -3.86. The molecule has 216 valence electrons. The number of benzene rings is 1. The molecule has 3 aliphatic rings. The second kappa shape index (κ2) is 10.8. The van der Waals surface area contributed by atoms with E-state index in [1.54, 1.807) is 11.0 Å². The first-order valence-electron chi connectivity index (χ1n) is 14.3. The van der Waals surface area contributed by atoms with Crippen LogP contribution in [-0.2, 0) is 13.0 Å². The van der Waals surface area contributed by atoms with Crippen LogP contribution in [0.15, 0.2) is 36.8 Å². The van der Waals surface area contributed by atoms with Crippen molar-refractivity contribution in [2.75, 3.05) is 24.5 Å². The number of nitrogens with one attached hydrogen (secondary N) is 1. The number of pyridine rings is 1. The lowest BCUT2D eigenvalue weighted by Gasteiger charge is -2.58. The summed E-state index contributed by atoms with van der Waals surface area (Å²) in [4.78, 5) is 26.1. The predicted octanol–water partition coefficient (Wildman–Crippen LogP) is 4.15. The van der Waals surface area contributed by atoms with Gasteiger partial charge in [-0.05, 0) is 58.7 Å². The maximum atomic E-state index is 15.1. The van der Waals surface area contributed by atoms with E-state index < -0.39 is 5.82 Å². The van der Waals surface area contributed by atoms with Crippen molar-refractivity contribution in [3.63, 3.8) is 0 Å². The molecule has 0 radical (unpaired) electrons. The molecule has 1 amide bonds. The Morgan fingerprint density at radius 3 is 2.68 bits per heavy atom. The molecule has 1 aromatic carbocycles. The number of rotatable bonds is 8. The van der Waals surface area contributed by atoms with Crippen LogP contribution in [0.5, 0.6) is 17.4 Å². The van der Waals surface area contributed by atoms with Crippen molar-refractivity contribution in [2.24, 2.45) is 5.41 Å². The lowest BCUT2D eigenvalue weighted by molar-refractivity contribution is -0.0350. The van der Waals surface area contributed by atoms with Crippen LogP contribution in [0.25, 0.3) is 0 Å². The largest absolute Gasteiger partial charge is 0.490 e. The van der Waals surface area contributed by atoms with Gasteiger partial charge >= 0.3 is 0 Å². The van der Waals surface area contributed by atoms with Crippen molar-refractivity contribution in [1.29, 1.82) is 0 Å². The maximum absolute atomic E-state index is 15.1. The highest BCUT2D eigenvalue weighted by atomic mass is 19.1. The number of carbonyl (C=O) groups is 1. The van der Waals surface area contributed by atoms with Gasteiger partial charge in [0, 0.05) is 67.6 Å². The van der Waals surface area contributed by atoms with Crippen molar-refractivity contribution in [3.05, 3.63) is 59.4 Å². The van der Waals surface area contributed by atoms with Gasteiger partial charge in [0.05, 0.1) is 5.56 Å². The molecule has 0 unspecified atom stereocenters. The van der Waals surface area contributed by atoms with E-state index in [1.165, 1.54) is 24.0 Å². The van der Waals surface area contributed by atoms with Gasteiger partial charge in [0.2, 0.25) is 0 Å². The lowest BCUT2D eigenvalue weighted by atomic mass is 9.61. The summed E-state index contributed by atoms with van der Waals surface area (Å²) in [5.41, 5.74) is 2.55. The fraction of sp³-hybridized carbons (Fsp3) is 0.500. The van der Waals surface area contributed by atoms with Gasteiger partial charge in [-0.2, -0.15) is 0 Å². The molecule has 1 N–H and O–H groups in total. The van der Waals surface area contributed by atoms with E-state index in [2.05, 4.69) is 30.4 Å². The van der Waals surface area contributed by atoms with Crippen LogP contribution in [0.1, 0.15) is 62.2 Å². The first-order chi connectivity index (χ1) is 19.7. The van der Waals surface area contributed by atoms with Gasteiger partial charge < -0.3 is 24.6 Å². The minimum absolute atomic E-state index is 0.0689. The van der Waals surface area contributed by atoms with E-state index in [9.17, 15) is 4.79 Å². The number of amides is 1. The van der Waals surface area contributed by atoms with Crippen LogP contribution < -0.4 is 19.7 Å². The summed E-state index contributed by atoms with van der Waals surface area (Å²) in [7, 11) is 0. The fourth-order valence-electron chi connectivity index (χ4n) is 6.41. The van der Waals surface area contributed by atoms with Crippen LogP contribution in [0.4, 0.5) is 10.2 Å². The number of halogens is 1. The summed E-state index contributed by atoms with van der Waals surface area (Å²) in [6.07, 6.45) is 6.14. The Kier molecular flexibility index (Phi) is 7.23. The second-order valence-corrected chi connectivity index (χ2v) is 11.9. The summed E-state index contributed by atoms with van der Waals surface area (Å²) in [6, 6.07) is 6.18. The van der Waals surface area contributed by atoms with E-state index in [0.29, 0.717) is 5.82 Å². The average molecular weight is 562 g/mol. The molecule has 10 nitrogen and oxygen atoms in total. The molecule has 1 spiro atoms. The molecular weight excluding hydrogens is 525 g/mol. The molecule has 0 bridgehead atoms. The maximum Gasteiger partial charge on any atom is 0.282 e. The number of hydrogen-bond donors (Lipinski definition) is 1. The standard InChI is InChI=1S/C30H36FN7O3/c1-18(2)38(19(3)4)29(39)21-6-5-7-23(31)26(21)41-28-27(34-17-35-36-28)37-15-30(16-37)12-20(13-30)40-25-9-11-33-24-8-10-32-14-22(24)25/h5-7,9,11,17-20,32H,8,10,12-16H2,1-4H3. The number of aromatic nitrogens is 4. The zero-order chi connectivity index (χ0) is 28.7. The molecule has 11 heteroatoms. The number of anilines is 1. The van der Waals surface area contributed by atoms with Crippen molar-refractivity contribution >= 4 is 11.7 Å². The summed E-state index contributed by atoms with van der Waals surface area (Å²) in [5, 5.41) is 11.4. The first-order valence-corrected chi connectivity index (χ1v) is 14.3. The van der Waals surface area contributed by atoms with Crippen molar-refractivity contribution < 1.29 is 18.7 Å². The highest BCUT2D eigenvalue weighted by Gasteiger charge is 2.54. The zero-order valence-corrected chi connectivity index (χ0v) is 23.9. The third-order valence-electron chi connectivity index (χ3n) is 8.22. The van der Waals surface area contributed by atoms with E-state index in [1.807, 2.05) is 40.0 Å². The minimum atomic E-state index is -0.646. The van der Waals surface area contributed by atoms with Gasteiger partial charge in [0.25, 0.3) is 11.8 Å². The smallest absolute Gasteiger partial charge is 0.282 e. The number of fused-ring (bicyclic) bond motifs is 1. The summed E-state index contributed by atoms with van der Waals surface area (Å²) in [6.45, 7) is 11.0. The molecule has 2 aromatic heterocycles.